The molecule has 3 rings (SSSR count). The number of anilines is 1. The van der Waals surface area contributed by atoms with Gasteiger partial charge in [0.15, 0.2) is 0 Å². The van der Waals surface area contributed by atoms with Crippen LogP contribution in [0.25, 0.3) is 0 Å². The minimum atomic E-state index is -0.142. The van der Waals surface area contributed by atoms with Gasteiger partial charge in [0.1, 0.15) is 5.82 Å². The molecule has 1 aliphatic rings. The predicted molar refractivity (Wildman–Crippen MR) is 77.7 cm³/mol. The SMILES string of the molecule is Cc1cc(C(=O)Nc2nnc3n2CCCC3)c(Br)s1. The van der Waals surface area contributed by atoms with Gasteiger partial charge in [-0.3, -0.25) is 14.7 Å². The van der Waals surface area contributed by atoms with E-state index >= 15 is 0 Å². The van der Waals surface area contributed by atoms with Crippen LogP contribution < -0.4 is 5.32 Å². The first-order valence-corrected chi connectivity index (χ1v) is 7.75. The lowest BCUT2D eigenvalue weighted by molar-refractivity contribution is 0.102. The van der Waals surface area contributed by atoms with Gasteiger partial charge >= 0.3 is 0 Å². The van der Waals surface area contributed by atoms with Crippen LogP contribution in [0.5, 0.6) is 0 Å². The predicted octanol–water partition coefficient (Wildman–Crippen LogP) is 3.00. The topological polar surface area (TPSA) is 59.8 Å². The number of thiophene rings is 1. The molecule has 2 aromatic heterocycles. The van der Waals surface area contributed by atoms with Crippen molar-refractivity contribution in [1.29, 1.82) is 0 Å². The standard InChI is InChI=1S/C12H13BrN4OS/c1-7-6-8(10(13)19-7)11(18)14-12-16-15-9-4-2-3-5-17(9)12/h6H,2-5H2,1H3,(H,14,16,18). The van der Waals surface area contributed by atoms with Crippen LogP contribution in [0.15, 0.2) is 9.85 Å². The lowest BCUT2D eigenvalue weighted by atomic mass is 10.2. The Morgan fingerprint density at radius 1 is 1.47 bits per heavy atom. The highest BCUT2D eigenvalue weighted by molar-refractivity contribution is 9.11. The summed E-state index contributed by atoms with van der Waals surface area (Å²) in [4.78, 5) is 13.3. The number of carbonyl (C=O) groups is 1. The van der Waals surface area contributed by atoms with E-state index in [1.807, 2.05) is 17.6 Å². The number of halogens is 1. The second-order valence-electron chi connectivity index (χ2n) is 4.55. The maximum atomic E-state index is 12.2. The van der Waals surface area contributed by atoms with Crippen LogP contribution in [0.2, 0.25) is 0 Å². The van der Waals surface area contributed by atoms with Gasteiger partial charge in [0.05, 0.1) is 9.35 Å². The van der Waals surface area contributed by atoms with Crippen LogP contribution in [-0.4, -0.2) is 20.7 Å². The first-order valence-electron chi connectivity index (χ1n) is 6.14. The minimum absolute atomic E-state index is 0.142. The van der Waals surface area contributed by atoms with Crippen LogP contribution >= 0.6 is 27.3 Å². The zero-order valence-electron chi connectivity index (χ0n) is 10.4. The highest BCUT2D eigenvalue weighted by Gasteiger charge is 2.19. The summed E-state index contributed by atoms with van der Waals surface area (Å²) < 4.78 is 2.84. The third kappa shape index (κ3) is 2.44. The number of hydrogen-bond acceptors (Lipinski definition) is 4. The number of amides is 1. The zero-order chi connectivity index (χ0) is 13.4. The number of nitrogens with zero attached hydrogens (tertiary/aromatic N) is 3. The maximum Gasteiger partial charge on any atom is 0.260 e. The van der Waals surface area contributed by atoms with Gasteiger partial charge in [-0.05, 0) is 41.8 Å². The lowest BCUT2D eigenvalue weighted by Crippen LogP contribution is -2.18. The van der Waals surface area contributed by atoms with Crippen LogP contribution in [0.4, 0.5) is 5.95 Å². The molecule has 0 radical (unpaired) electrons. The van der Waals surface area contributed by atoms with Gasteiger partial charge in [-0.25, -0.2) is 0 Å². The smallest absolute Gasteiger partial charge is 0.260 e. The summed E-state index contributed by atoms with van der Waals surface area (Å²) in [6, 6.07) is 1.87. The summed E-state index contributed by atoms with van der Waals surface area (Å²) in [6.45, 7) is 2.85. The van der Waals surface area contributed by atoms with Crippen molar-refractivity contribution in [2.75, 3.05) is 5.32 Å². The van der Waals surface area contributed by atoms with Crippen LogP contribution in [0, 0.1) is 6.92 Å². The molecule has 0 aromatic carbocycles. The molecule has 19 heavy (non-hydrogen) atoms. The first-order chi connectivity index (χ1) is 9.15. The molecule has 0 atom stereocenters. The Kier molecular flexibility index (Phi) is 3.40. The molecule has 0 saturated heterocycles. The summed E-state index contributed by atoms with van der Waals surface area (Å²) in [5.41, 5.74) is 0.649. The molecule has 2 aromatic rings. The number of hydrogen-bond donors (Lipinski definition) is 1. The van der Waals surface area contributed by atoms with Crippen LogP contribution in [0.3, 0.4) is 0 Å². The van der Waals surface area contributed by atoms with Gasteiger partial charge in [-0.1, -0.05) is 0 Å². The van der Waals surface area contributed by atoms with E-state index in [1.54, 1.807) is 11.3 Å². The van der Waals surface area contributed by atoms with E-state index in [-0.39, 0.29) is 5.91 Å². The number of nitrogens with one attached hydrogen (secondary N) is 1. The normalized spacial score (nSPS) is 14.2. The maximum absolute atomic E-state index is 12.2. The van der Waals surface area contributed by atoms with Crippen molar-refractivity contribution in [3.63, 3.8) is 0 Å². The van der Waals surface area contributed by atoms with Crippen molar-refractivity contribution in [3.05, 3.63) is 26.1 Å². The average Bonchev–Trinajstić information content (AvgIpc) is 2.94. The lowest BCUT2D eigenvalue weighted by Gasteiger charge is -2.14. The van der Waals surface area contributed by atoms with Crippen molar-refractivity contribution >= 4 is 39.1 Å². The molecule has 0 aliphatic carbocycles. The Balaban J connectivity index is 1.83. The number of aryl methyl sites for hydroxylation is 2. The number of aromatic nitrogens is 3. The van der Waals surface area contributed by atoms with Crippen LogP contribution in [0.1, 0.15) is 33.9 Å². The average molecular weight is 341 g/mol. The molecule has 7 heteroatoms. The van der Waals surface area contributed by atoms with Crippen molar-refractivity contribution < 1.29 is 4.79 Å². The van der Waals surface area contributed by atoms with Crippen molar-refractivity contribution in [1.82, 2.24) is 14.8 Å². The third-order valence-corrected chi connectivity index (χ3v) is 4.89. The van der Waals surface area contributed by atoms with Crippen molar-refractivity contribution in [2.24, 2.45) is 0 Å². The molecule has 3 heterocycles. The zero-order valence-corrected chi connectivity index (χ0v) is 12.8. The molecular weight excluding hydrogens is 328 g/mol. The molecule has 0 saturated carbocycles. The molecule has 1 aliphatic heterocycles. The monoisotopic (exact) mass is 340 g/mol. The van der Waals surface area contributed by atoms with Crippen molar-refractivity contribution in [3.8, 4) is 0 Å². The van der Waals surface area contributed by atoms with E-state index in [2.05, 4.69) is 31.4 Å². The third-order valence-electron chi connectivity index (χ3n) is 3.14. The van der Waals surface area contributed by atoms with Gasteiger partial charge in [0, 0.05) is 17.8 Å². The summed E-state index contributed by atoms with van der Waals surface area (Å²) in [7, 11) is 0. The Morgan fingerprint density at radius 3 is 3.05 bits per heavy atom. The van der Waals surface area contributed by atoms with E-state index in [9.17, 15) is 4.79 Å². The second-order valence-corrected chi connectivity index (χ2v) is 7.12. The van der Waals surface area contributed by atoms with Gasteiger partial charge in [0.2, 0.25) is 5.95 Å². The largest absolute Gasteiger partial charge is 0.297 e. The van der Waals surface area contributed by atoms with E-state index in [0.29, 0.717) is 11.5 Å². The van der Waals surface area contributed by atoms with Gasteiger partial charge < -0.3 is 0 Å². The number of carbonyl (C=O) groups excluding carboxylic acids is 1. The Bertz CT molecular complexity index is 634. The molecule has 100 valence electrons. The summed E-state index contributed by atoms with van der Waals surface area (Å²) in [6.07, 6.45) is 3.18. The van der Waals surface area contributed by atoms with Gasteiger partial charge in [0.25, 0.3) is 5.91 Å². The Hall–Kier alpha value is -1.21. The number of rotatable bonds is 2. The fraction of sp³-hybridized carbons (Fsp3) is 0.417. The van der Waals surface area contributed by atoms with Gasteiger partial charge in [-0.2, -0.15) is 0 Å². The summed E-state index contributed by atoms with van der Waals surface area (Å²) in [5, 5.41) is 11.0. The molecule has 0 unspecified atom stereocenters. The second kappa shape index (κ2) is 5.05. The van der Waals surface area contributed by atoms with E-state index in [1.165, 1.54) is 0 Å². The molecule has 0 fully saturated rings. The summed E-state index contributed by atoms with van der Waals surface area (Å²) in [5.74, 6) is 1.37. The van der Waals surface area contributed by atoms with E-state index in [0.717, 1.165) is 40.3 Å². The van der Waals surface area contributed by atoms with E-state index in [4.69, 9.17) is 0 Å². The quantitative estimate of drug-likeness (QED) is 0.914. The Labute approximate surface area is 123 Å². The highest BCUT2D eigenvalue weighted by Crippen LogP contribution is 2.28. The molecular formula is C12H13BrN4OS. The highest BCUT2D eigenvalue weighted by atomic mass is 79.9. The molecule has 0 spiro atoms. The Morgan fingerprint density at radius 2 is 2.32 bits per heavy atom. The minimum Gasteiger partial charge on any atom is -0.297 e. The molecule has 1 amide bonds. The van der Waals surface area contributed by atoms with Gasteiger partial charge in [-0.15, -0.1) is 21.5 Å². The molecule has 5 nitrogen and oxygen atoms in total. The molecule has 0 bridgehead atoms. The van der Waals surface area contributed by atoms with Crippen molar-refractivity contribution in [2.45, 2.75) is 32.7 Å². The molecule has 1 N–H and O–H groups in total. The van der Waals surface area contributed by atoms with E-state index < -0.39 is 0 Å². The fourth-order valence-corrected chi connectivity index (χ4v) is 3.99. The fourth-order valence-electron chi connectivity index (χ4n) is 2.21. The first kappa shape index (κ1) is 12.8. The van der Waals surface area contributed by atoms with Crippen LogP contribution in [-0.2, 0) is 13.0 Å². The number of fused-ring (bicyclic) bond motifs is 1. The summed E-state index contributed by atoms with van der Waals surface area (Å²) >= 11 is 4.96.